The molecule has 0 fully saturated rings. The van der Waals surface area contributed by atoms with Gasteiger partial charge in [0, 0.05) is 26.6 Å². The Morgan fingerprint density at radius 1 is 1.03 bits per heavy atom. The van der Waals surface area contributed by atoms with E-state index in [1.807, 2.05) is 16.8 Å². The summed E-state index contributed by atoms with van der Waals surface area (Å²) in [6.07, 6.45) is 5.79. The van der Waals surface area contributed by atoms with Crippen LogP contribution >= 0.6 is 24.0 Å². The topological polar surface area (TPSA) is 80.3 Å². The average molecular weight is 542 g/mol. The molecule has 0 atom stereocenters. The summed E-state index contributed by atoms with van der Waals surface area (Å²) in [6.45, 7) is 2.14. The molecular formula is C24H27IN6O. The summed E-state index contributed by atoms with van der Waals surface area (Å²) >= 11 is 0. The molecule has 8 heteroatoms. The van der Waals surface area contributed by atoms with Gasteiger partial charge in [-0.25, -0.2) is 9.67 Å². The largest absolute Gasteiger partial charge is 0.469 e. The molecule has 4 rings (SSSR count). The van der Waals surface area contributed by atoms with Crippen molar-refractivity contribution in [3.05, 3.63) is 96.5 Å². The molecule has 0 saturated carbocycles. The van der Waals surface area contributed by atoms with Gasteiger partial charge in [0.1, 0.15) is 18.4 Å². The molecule has 32 heavy (non-hydrogen) atoms. The highest BCUT2D eigenvalue weighted by atomic mass is 127. The van der Waals surface area contributed by atoms with Gasteiger partial charge in [-0.05, 0) is 34.4 Å². The molecule has 2 heterocycles. The van der Waals surface area contributed by atoms with Crippen molar-refractivity contribution in [1.82, 2.24) is 25.4 Å². The molecule has 0 amide bonds. The Kier molecular flexibility index (Phi) is 8.85. The summed E-state index contributed by atoms with van der Waals surface area (Å²) in [5, 5.41) is 10.9. The minimum Gasteiger partial charge on any atom is -0.469 e. The van der Waals surface area contributed by atoms with Crippen LogP contribution in [0.5, 0.6) is 0 Å². The van der Waals surface area contributed by atoms with Crippen molar-refractivity contribution >= 4 is 29.9 Å². The third-order valence-electron chi connectivity index (χ3n) is 5.01. The third-order valence-corrected chi connectivity index (χ3v) is 5.01. The Balaban J connectivity index is 0.00000289. The molecule has 0 radical (unpaired) electrons. The third kappa shape index (κ3) is 6.43. The van der Waals surface area contributed by atoms with Crippen LogP contribution in [0.15, 0.2) is 89.0 Å². The number of hydrogen-bond acceptors (Lipinski definition) is 4. The Morgan fingerprint density at radius 2 is 1.88 bits per heavy atom. The molecule has 0 aliphatic rings. The van der Waals surface area contributed by atoms with Crippen LogP contribution < -0.4 is 10.6 Å². The highest BCUT2D eigenvalue weighted by Gasteiger charge is 2.07. The summed E-state index contributed by atoms with van der Waals surface area (Å²) in [4.78, 5) is 8.32. The quantitative estimate of drug-likeness (QED) is 0.199. The first-order valence-electron chi connectivity index (χ1n) is 10.3. The smallest absolute Gasteiger partial charge is 0.191 e. The van der Waals surface area contributed by atoms with Gasteiger partial charge in [0.25, 0.3) is 0 Å². The zero-order valence-corrected chi connectivity index (χ0v) is 20.3. The van der Waals surface area contributed by atoms with Gasteiger partial charge in [-0.1, -0.05) is 48.5 Å². The number of benzene rings is 2. The van der Waals surface area contributed by atoms with E-state index in [9.17, 15) is 0 Å². The van der Waals surface area contributed by atoms with Gasteiger partial charge in [-0.3, -0.25) is 4.99 Å². The second kappa shape index (κ2) is 12.0. The zero-order valence-electron chi connectivity index (χ0n) is 17.9. The monoisotopic (exact) mass is 542 g/mol. The molecule has 0 unspecified atom stereocenters. The lowest BCUT2D eigenvalue weighted by Crippen LogP contribution is -2.37. The summed E-state index contributed by atoms with van der Waals surface area (Å²) < 4.78 is 7.19. The van der Waals surface area contributed by atoms with E-state index in [0.717, 1.165) is 24.7 Å². The first-order valence-corrected chi connectivity index (χ1v) is 10.3. The van der Waals surface area contributed by atoms with Crippen molar-refractivity contribution in [2.45, 2.75) is 19.5 Å². The lowest BCUT2D eigenvalue weighted by molar-refractivity contribution is 0.507. The molecule has 0 spiro atoms. The van der Waals surface area contributed by atoms with Gasteiger partial charge in [0.2, 0.25) is 0 Å². The fourth-order valence-electron chi connectivity index (χ4n) is 3.41. The Bertz CT molecular complexity index is 1090. The average Bonchev–Trinajstić information content (AvgIpc) is 3.51. The number of guanidine groups is 1. The highest BCUT2D eigenvalue weighted by Crippen LogP contribution is 2.24. The maximum Gasteiger partial charge on any atom is 0.191 e. The molecule has 2 aromatic heterocycles. The lowest BCUT2D eigenvalue weighted by atomic mass is 9.98. The molecule has 0 bridgehead atoms. The molecule has 2 aromatic carbocycles. The van der Waals surface area contributed by atoms with E-state index in [1.165, 1.54) is 22.3 Å². The highest BCUT2D eigenvalue weighted by molar-refractivity contribution is 14.0. The van der Waals surface area contributed by atoms with E-state index >= 15 is 0 Å². The van der Waals surface area contributed by atoms with Gasteiger partial charge < -0.3 is 15.1 Å². The predicted molar refractivity (Wildman–Crippen MR) is 137 cm³/mol. The van der Waals surface area contributed by atoms with Crippen molar-refractivity contribution in [1.29, 1.82) is 0 Å². The van der Waals surface area contributed by atoms with Gasteiger partial charge in [-0.15, -0.1) is 24.0 Å². The van der Waals surface area contributed by atoms with Crippen LogP contribution in [0.4, 0.5) is 0 Å². The summed E-state index contributed by atoms with van der Waals surface area (Å²) in [7, 11) is 1.78. The van der Waals surface area contributed by atoms with Crippen LogP contribution in [0.1, 0.15) is 16.9 Å². The van der Waals surface area contributed by atoms with Gasteiger partial charge in [-0.2, -0.15) is 5.10 Å². The number of nitrogens with one attached hydrogen (secondary N) is 2. The number of hydrogen-bond donors (Lipinski definition) is 2. The SMILES string of the molecule is CN=C(NCCc1ccco1)NCc1ccccc1-c1ccc(Cn2cncn2)cc1.I. The van der Waals surface area contributed by atoms with Crippen molar-refractivity contribution < 1.29 is 4.42 Å². The maximum absolute atomic E-state index is 5.37. The zero-order chi connectivity index (χ0) is 21.3. The summed E-state index contributed by atoms with van der Waals surface area (Å²) in [5.74, 6) is 1.73. The molecule has 166 valence electrons. The van der Waals surface area contributed by atoms with Crippen LogP contribution in [-0.2, 0) is 19.5 Å². The summed E-state index contributed by atoms with van der Waals surface area (Å²) in [5.41, 5.74) is 4.78. The first kappa shape index (κ1) is 23.5. The molecule has 2 N–H and O–H groups in total. The lowest BCUT2D eigenvalue weighted by Gasteiger charge is -2.14. The van der Waals surface area contributed by atoms with Crippen LogP contribution in [-0.4, -0.2) is 34.3 Å². The van der Waals surface area contributed by atoms with E-state index < -0.39 is 0 Å². The van der Waals surface area contributed by atoms with E-state index in [4.69, 9.17) is 4.42 Å². The number of furan rings is 1. The number of aliphatic imine (C=N–C) groups is 1. The van der Waals surface area contributed by atoms with E-state index in [-0.39, 0.29) is 24.0 Å². The van der Waals surface area contributed by atoms with Gasteiger partial charge >= 0.3 is 0 Å². The van der Waals surface area contributed by atoms with E-state index in [1.54, 1.807) is 26.0 Å². The van der Waals surface area contributed by atoms with Crippen LogP contribution in [0.2, 0.25) is 0 Å². The van der Waals surface area contributed by atoms with Crippen molar-refractivity contribution in [3.63, 3.8) is 0 Å². The fraction of sp³-hybridized carbons (Fsp3) is 0.208. The normalized spacial score (nSPS) is 11.1. The van der Waals surface area contributed by atoms with Crippen LogP contribution in [0, 0.1) is 0 Å². The minimum atomic E-state index is 0. The standard InChI is InChI=1S/C24H26N6O.HI/c1-25-24(27-13-12-22-6-4-14-31-22)28-15-21-5-2-3-7-23(21)20-10-8-19(9-11-20)16-30-18-26-17-29-30;/h2-11,14,17-18H,12-13,15-16H2,1H3,(H2,25,27,28);1H. The van der Waals surface area contributed by atoms with E-state index in [2.05, 4.69) is 74.2 Å². The van der Waals surface area contributed by atoms with Crippen molar-refractivity contribution in [3.8, 4) is 11.1 Å². The maximum atomic E-state index is 5.37. The fourth-order valence-corrected chi connectivity index (χ4v) is 3.41. The second-order valence-electron chi connectivity index (χ2n) is 7.13. The number of nitrogens with zero attached hydrogens (tertiary/aromatic N) is 4. The van der Waals surface area contributed by atoms with E-state index in [0.29, 0.717) is 13.1 Å². The Hall–Kier alpha value is -3.14. The number of aromatic nitrogens is 3. The van der Waals surface area contributed by atoms with Gasteiger partial charge in [0.05, 0.1) is 12.8 Å². The van der Waals surface area contributed by atoms with Crippen molar-refractivity contribution in [2.75, 3.05) is 13.6 Å². The molecule has 4 aromatic rings. The van der Waals surface area contributed by atoms with Gasteiger partial charge in [0.15, 0.2) is 5.96 Å². The predicted octanol–water partition coefficient (Wildman–Crippen LogP) is 4.11. The first-order chi connectivity index (χ1) is 15.3. The second-order valence-corrected chi connectivity index (χ2v) is 7.13. The van der Waals surface area contributed by atoms with Crippen molar-refractivity contribution in [2.24, 2.45) is 4.99 Å². The summed E-state index contributed by atoms with van der Waals surface area (Å²) in [6, 6.07) is 20.9. The molecular weight excluding hydrogens is 515 g/mol. The van der Waals surface area contributed by atoms with Crippen LogP contribution in [0.25, 0.3) is 11.1 Å². The molecule has 7 nitrogen and oxygen atoms in total. The molecule has 0 saturated heterocycles. The Labute approximate surface area is 205 Å². The number of halogens is 1. The number of rotatable bonds is 8. The minimum absolute atomic E-state index is 0. The Morgan fingerprint density at radius 3 is 2.59 bits per heavy atom. The molecule has 0 aliphatic carbocycles. The van der Waals surface area contributed by atoms with Crippen LogP contribution in [0.3, 0.4) is 0 Å². The molecule has 0 aliphatic heterocycles.